The summed E-state index contributed by atoms with van der Waals surface area (Å²) in [5.41, 5.74) is 0.631. The van der Waals surface area contributed by atoms with Gasteiger partial charge in [0, 0.05) is 25.8 Å². The van der Waals surface area contributed by atoms with Crippen LogP contribution in [0.3, 0.4) is 0 Å². The van der Waals surface area contributed by atoms with Crippen LogP contribution in [-0.4, -0.2) is 61.6 Å². The van der Waals surface area contributed by atoms with E-state index in [0.717, 1.165) is 0 Å². The van der Waals surface area contributed by atoms with Crippen LogP contribution < -0.4 is 4.90 Å². The van der Waals surface area contributed by atoms with Gasteiger partial charge in [0.1, 0.15) is 5.82 Å². The summed E-state index contributed by atoms with van der Waals surface area (Å²) in [6.07, 6.45) is 0. The highest BCUT2D eigenvalue weighted by Crippen LogP contribution is 2.15. The first-order valence-corrected chi connectivity index (χ1v) is 8.19. The van der Waals surface area contributed by atoms with Crippen LogP contribution in [0.4, 0.5) is 10.1 Å². The number of nitrogens with zero attached hydrogens (tertiary/aromatic N) is 2. The molecule has 1 aliphatic heterocycles. The normalized spacial score (nSPS) is 14.7. The van der Waals surface area contributed by atoms with Crippen LogP contribution in [0.15, 0.2) is 24.3 Å². The molecule has 1 saturated heterocycles. The number of carbonyl (C=O) groups is 2. The first-order chi connectivity index (χ1) is 10.6. The van der Waals surface area contributed by atoms with Gasteiger partial charge in [0.25, 0.3) is 0 Å². The SMILES string of the molecule is CN(C(=O)CSCC(=O)N1CCOCC1)c1ccc(F)cc1. The molecule has 0 saturated carbocycles. The lowest BCUT2D eigenvalue weighted by molar-refractivity contribution is -0.132. The monoisotopic (exact) mass is 326 g/mol. The molecule has 0 bridgehead atoms. The number of anilines is 1. The molecule has 1 heterocycles. The second kappa shape index (κ2) is 8.14. The Morgan fingerprint density at radius 2 is 1.86 bits per heavy atom. The largest absolute Gasteiger partial charge is 0.378 e. The van der Waals surface area contributed by atoms with Gasteiger partial charge < -0.3 is 14.5 Å². The van der Waals surface area contributed by atoms with Gasteiger partial charge in [0.2, 0.25) is 11.8 Å². The summed E-state index contributed by atoms with van der Waals surface area (Å²) in [4.78, 5) is 27.2. The maximum atomic E-state index is 12.9. The summed E-state index contributed by atoms with van der Waals surface area (Å²) >= 11 is 1.29. The Morgan fingerprint density at radius 3 is 2.50 bits per heavy atom. The van der Waals surface area contributed by atoms with Gasteiger partial charge in [-0.2, -0.15) is 0 Å². The van der Waals surface area contributed by atoms with Crippen molar-refractivity contribution in [2.75, 3.05) is 49.8 Å². The van der Waals surface area contributed by atoms with Crippen LogP contribution in [0.2, 0.25) is 0 Å². The van der Waals surface area contributed by atoms with Crippen molar-refractivity contribution in [3.63, 3.8) is 0 Å². The molecule has 1 aromatic rings. The molecule has 1 aliphatic rings. The molecular weight excluding hydrogens is 307 g/mol. The van der Waals surface area contributed by atoms with E-state index in [1.165, 1.54) is 28.8 Å². The number of ether oxygens (including phenoxy) is 1. The average molecular weight is 326 g/mol. The van der Waals surface area contributed by atoms with Crippen LogP contribution in [0.1, 0.15) is 0 Å². The van der Waals surface area contributed by atoms with E-state index >= 15 is 0 Å². The molecule has 1 aromatic carbocycles. The van der Waals surface area contributed by atoms with E-state index in [4.69, 9.17) is 4.74 Å². The van der Waals surface area contributed by atoms with Crippen molar-refractivity contribution in [3.8, 4) is 0 Å². The minimum Gasteiger partial charge on any atom is -0.378 e. The summed E-state index contributed by atoms with van der Waals surface area (Å²) in [5.74, 6) is 0.0689. The molecule has 2 amide bonds. The number of rotatable bonds is 5. The van der Waals surface area contributed by atoms with E-state index < -0.39 is 0 Å². The standard InChI is InChI=1S/C15H19FN2O3S/c1-17(13-4-2-12(16)3-5-13)14(19)10-22-11-15(20)18-6-8-21-9-7-18/h2-5H,6-11H2,1H3. The highest BCUT2D eigenvalue weighted by atomic mass is 32.2. The maximum absolute atomic E-state index is 12.9. The Kier molecular flexibility index (Phi) is 6.21. The van der Waals surface area contributed by atoms with E-state index in [9.17, 15) is 14.0 Å². The lowest BCUT2D eigenvalue weighted by Crippen LogP contribution is -2.41. The predicted molar refractivity (Wildman–Crippen MR) is 84.5 cm³/mol. The van der Waals surface area contributed by atoms with Crippen molar-refractivity contribution in [2.24, 2.45) is 0 Å². The third kappa shape index (κ3) is 4.71. The number of benzene rings is 1. The van der Waals surface area contributed by atoms with Gasteiger partial charge in [0.05, 0.1) is 24.7 Å². The Balaban J connectivity index is 1.75. The van der Waals surface area contributed by atoms with E-state index in [2.05, 4.69) is 0 Å². The molecular formula is C15H19FN2O3S. The first-order valence-electron chi connectivity index (χ1n) is 7.03. The third-order valence-electron chi connectivity index (χ3n) is 3.40. The number of carbonyl (C=O) groups excluding carboxylic acids is 2. The van der Waals surface area contributed by atoms with Crippen molar-refractivity contribution < 1.29 is 18.7 Å². The second-order valence-electron chi connectivity index (χ2n) is 4.92. The summed E-state index contributed by atoms with van der Waals surface area (Å²) in [5, 5.41) is 0. The number of thioether (sulfide) groups is 1. The molecule has 0 unspecified atom stereocenters. The van der Waals surface area contributed by atoms with E-state index in [1.54, 1.807) is 24.1 Å². The second-order valence-corrected chi connectivity index (χ2v) is 5.90. The van der Waals surface area contributed by atoms with Crippen LogP contribution >= 0.6 is 11.8 Å². The molecule has 0 N–H and O–H groups in total. The predicted octanol–water partition coefficient (Wildman–Crippen LogP) is 1.38. The molecule has 0 radical (unpaired) electrons. The fraction of sp³-hybridized carbons (Fsp3) is 0.467. The van der Waals surface area contributed by atoms with Crippen LogP contribution in [0.5, 0.6) is 0 Å². The molecule has 22 heavy (non-hydrogen) atoms. The van der Waals surface area contributed by atoms with Gasteiger partial charge in [-0.1, -0.05) is 0 Å². The molecule has 120 valence electrons. The maximum Gasteiger partial charge on any atom is 0.236 e. The van der Waals surface area contributed by atoms with Crippen molar-refractivity contribution >= 4 is 29.3 Å². The van der Waals surface area contributed by atoms with E-state index in [1.807, 2.05) is 0 Å². The van der Waals surface area contributed by atoms with Crippen molar-refractivity contribution in [1.82, 2.24) is 4.90 Å². The Morgan fingerprint density at radius 1 is 1.23 bits per heavy atom. The van der Waals surface area contributed by atoms with Gasteiger partial charge in [-0.3, -0.25) is 9.59 Å². The molecule has 0 aliphatic carbocycles. The Labute approximate surface area is 133 Å². The van der Waals surface area contributed by atoms with Crippen LogP contribution in [-0.2, 0) is 14.3 Å². The highest BCUT2D eigenvalue weighted by Gasteiger charge is 2.18. The smallest absolute Gasteiger partial charge is 0.236 e. The zero-order chi connectivity index (χ0) is 15.9. The minimum atomic E-state index is -0.338. The van der Waals surface area contributed by atoms with Crippen LogP contribution in [0.25, 0.3) is 0 Å². The highest BCUT2D eigenvalue weighted by molar-refractivity contribution is 8.00. The van der Waals surface area contributed by atoms with Gasteiger partial charge in [-0.25, -0.2) is 4.39 Å². The number of hydrogen-bond donors (Lipinski definition) is 0. The number of amides is 2. The Hall–Kier alpha value is -1.60. The Bertz CT molecular complexity index is 518. The van der Waals surface area contributed by atoms with Crippen molar-refractivity contribution in [2.45, 2.75) is 0 Å². The number of hydrogen-bond acceptors (Lipinski definition) is 4. The summed E-state index contributed by atoms with van der Waals surface area (Å²) in [6, 6.07) is 5.73. The molecule has 0 spiro atoms. The summed E-state index contributed by atoms with van der Waals surface area (Å²) in [6.45, 7) is 2.37. The quantitative estimate of drug-likeness (QED) is 0.820. The van der Waals surface area contributed by atoms with Crippen molar-refractivity contribution in [1.29, 1.82) is 0 Å². The van der Waals surface area contributed by atoms with Crippen molar-refractivity contribution in [3.05, 3.63) is 30.1 Å². The lowest BCUT2D eigenvalue weighted by Gasteiger charge is -2.26. The number of morpholine rings is 1. The molecule has 7 heteroatoms. The third-order valence-corrected chi connectivity index (χ3v) is 4.31. The zero-order valence-corrected chi connectivity index (χ0v) is 13.3. The molecule has 2 rings (SSSR count). The summed E-state index contributed by atoms with van der Waals surface area (Å²) in [7, 11) is 1.64. The topological polar surface area (TPSA) is 49.9 Å². The summed E-state index contributed by atoms with van der Waals surface area (Å²) < 4.78 is 18.1. The molecule has 5 nitrogen and oxygen atoms in total. The average Bonchev–Trinajstić information content (AvgIpc) is 2.55. The number of halogens is 1. The first kappa shape index (κ1) is 16.8. The van der Waals surface area contributed by atoms with Gasteiger partial charge in [0.15, 0.2) is 0 Å². The van der Waals surface area contributed by atoms with Gasteiger partial charge in [-0.05, 0) is 24.3 Å². The van der Waals surface area contributed by atoms with Gasteiger partial charge >= 0.3 is 0 Å². The zero-order valence-electron chi connectivity index (χ0n) is 12.5. The van der Waals surface area contributed by atoms with Crippen LogP contribution in [0, 0.1) is 5.82 Å². The lowest BCUT2D eigenvalue weighted by atomic mass is 10.3. The minimum absolute atomic E-state index is 0.0329. The molecule has 0 atom stereocenters. The molecule has 0 aromatic heterocycles. The van der Waals surface area contributed by atoms with E-state index in [0.29, 0.717) is 32.0 Å². The fourth-order valence-corrected chi connectivity index (χ4v) is 2.86. The van der Waals surface area contributed by atoms with Gasteiger partial charge in [-0.15, -0.1) is 11.8 Å². The molecule has 1 fully saturated rings. The fourth-order valence-electron chi connectivity index (χ4n) is 2.04. The van der Waals surface area contributed by atoms with E-state index in [-0.39, 0.29) is 29.1 Å².